The van der Waals surface area contributed by atoms with Crippen molar-refractivity contribution in [1.29, 1.82) is 0 Å². The molecule has 137 valence electrons. The first-order chi connectivity index (χ1) is 12.7. The summed E-state index contributed by atoms with van der Waals surface area (Å²) < 4.78 is 6.08. The van der Waals surface area contributed by atoms with Gasteiger partial charge in [-0.05, 0) is 31.6 Å². The molecule has 1 saturated heterocycles. The second kappa shape index (κ2) is 7.62. The topological polar surface area (TPSA) is 72.4 Å². The van der Waals surface area contributed by atoms with Gasteiger partial charge < -0.3 is 10.2 Å². The van der Waals surface area contributed by atoms with Gasteiger partial charge in [0.05, 0.1) is 18.3 Å². The second-order valence-corrected chi connectivity index (χ2v) is 7.46. The quantitative estimate of drug-likeness (QED) is 0.890. The molecule has 2 aromatic rings. The molecule has 0 bridgehead atoms. The number of hydrogen-bond donors (Lipinski definition) is 1. The van der Waals surface area contributed by atoms with Crippen molar-refractivity contribution >= 4 is 5.91 Å². The van der Waals surface area contributed by atoms with Crippen LogP contribution in [0.25, 0.3) is 11.3 Å². The van der Waals surface area contributed by atoms with Gasteiger partial charge in [-0.1, -0.05) is 49.6 Å². The molecule has 5 heteroatoms. The zero-order chi connectivity index (χ0) is 17.9. The maximum absolute atomic E-state index is 12.0. The van der Waals surface area contributed by atoms with Gasteiger partial charge in [-0.3, -0.25) is 9.69 Å². The minimum atomic E-state index is -0.325. The van der Waals surface area contributed by atoms with Crippen molar-refractivity contribution in [3.8, 4) is 11.3 Å². The summed E-state index contributed by atoms with van der Waals surface area (Å²) in [7, 11) is 0. The van der Waals surface area contributed by atoms with Gasteiger partial charge in [-0.2, -0.15) is 0 Å². The number of nitrogens with zero attached hydrogens (tertiary/aromatic N) is 2. The van der Waals surface area contributed by atoms with Crippen LogP contribution in [-0.4, -0.2) is 28.4 Å². The number of rotatable bonds is 5. The largest absolute Gasteiger partial charge is 0.439 e. The van der Waals surface area contributed by atoms with E-state index in [4.69, 9.17) is 10.2 Å². The third kappa shape index (κ3) is 3.54. The first-order valence-corrected chi connectivity index (χ1v) is 9.62. The fourth-order valence-electron chi connectivity index (χ4n) is 4.33. The average molecular weight is 352 g/mol. The number of aromatic nitrogens is 1. The molecule has 2 atom stereocenters. The van der Waals surface area contributed by atoms with Crippen LogP contribution in [0.4, 0.5) is 0 Å². The van der Waals surface area contributed by atoms with Gasteiger partial charge in [0.1, 0.15) is 0 Å². The molecule has 0 spiro atoms. The smallest absolute Gasteiger partial charge is 0.235 e. The van der Waals surface area contributed by atoms with Gasteiger partial charge in [0.15, 0.2) is 5.76 Å². The third-order valence-electron chi connectivity index (χ3n) is 5.69. The van der Waals surface area contributed by atoms with Gasteiger partial charge in [0.25, 0.3) is 0 Å². The number of benzene rings is 1. The minimum Gasteiger partial charge on any atom is -0.439 e. The molecule has 5 nitrogen and oxygen atoms in total. The maximum atomic E-state index is 12.0. The number of carbonyl (C=O) groups is 1. The fourth-order valence-corrected chi connectivity index (χ4v) is 4.33. The van der Waals surface area contributed by atoms with Crippen LogP contribution in [-0.2, 0) is 4.79 Å². The number of nitrogens with two attached hydrogens (primary N) is 1. The fraction of sp³-hybridized carbons (Fsp3) is 0.476. The van der Waals surface area contributed by atoms with E-state index in [1.807, 2.05) is 36.8 Å². The Bertz CT molecular complexity index is 737. The highest BCUT2D eigenvalue weighted by molar-refractivity contribution is 5.82. The number of primary amides is 1. The Morgan fingerprint density at radius 1 is 1.19 bits per heavy atom. The van der Waals surface area contributed by atoms with Crippen molar-refractivity contribution in [3.05, 3.63) is 48.8 Å². The van der Waals surface area contributed by atoms with Crippen LogP contribution in [0.2, 0.25) is 0 Å². The van der Waals surface area contributed by atoms with Gasteiger partial charge in [0, 0.05) is 12.1 Å². The molecule has 2 N–H and O–H groups in total. The van der Waals surface area contributed by atoms with E-state index in [0.29, 0.717) is 11.8 Å². The first kappa shape index (κ1) is 17.3. The molecule has 2 aliphatic rings. The van der Waals surface area contributed by atoms with Crippen LogP contribution in [0.3, 0.4) is 0 Å². The molecule has 2 heterocycles. The summed E-state index contributed by atoms with van der Waals surface area (Å²) in [5, 5.41) is 0. The number of likely N-dealkylation sites (tertiary alicyclic amines) is 1. The monoisotopic (exact) mass is 352 g/mol. The van der Waals surface area contributed by atoms with Crippen molar-refractivity contribution in [1.82, 2.24) is 9.88 Å². The molecule has 1 aliphatic heterocycles. The molecule has 1 unspecified atom stereocenters. The standard InChI is InChI=1S/C21H26N3O2/c22-20(25)17-11-12-18(24(17)14-15-7-3-1-4-8-15)21-23-13-19(26-21)16-9-5-2-6-10-16/h2,5-6,9-11,13,15,17-18H,1,3-4,7-8,12,14H2,(H2,22,25)/t17?,18-/m0/s1. The molecule has 1 saturated carbocycles. The Hall–Kier alpha value is -2.14. The van der Waals surface area contributed by atoms with E-state index in [2.05, 4.69) is 9.88 Å². The predicted molar refractivity (Wildman–Crippen MR) is 99.9 cm³/mol. The van der Waals surface area contributed by atoms with E-state index in [1.54, 1.807) is 6.20 Å². The van der Waals surface area contributed by atoms with Gasteiger partial charge in [-0.25, -0.2) is 4.98 Å². The van der Waals surface area contributed by atoms with Gasteiger partial charge in [-0.15, -0.1) is 0 Å². The van der Waals surface area contributed by atoms with Crippen LogP contribution in [0.1, 0.15) is 50.5 Å². The van der Waals surface area contributed by atoms with Crippen molar-refractivity contribution in [3.63, 3.8) is 0 Å². The number of hydrogen-bond acceptors (Lipinski definition) is 4. The zero-order valence-corrected chi connectivity index (χ0v) is 15.0. The van der Waals surface area contributed by atoms with Crippen LogP contribution in [0.5, 0.6) is 0 Å². The summed E-state index contributed by atoms with van der Waals surface area (Å²) in [4.78, 5) is 18.7. The molecule has 2 fully saturated rings. The molecule has 26 heavy (non-hydrogen) atoms. The van der Waals surface area contributed by atoms with E-state index in [9.17, 15) is 4.79 Å². The Morgan fingerprint density at radius 3 is 2.69 bits per heavy atom. The van der Waals surface area contributed by atoms with E-state index in [-0.39, 0.29) is 18.0 Å². The van der Waals surface area contributed by atoms with Gasteiger partial charge >= 0.3 is 0 Å². The lowest BCUT2D eigenvalue weighted by Crippen LogP contribution is -2.44. The normalized spacial score (nSPS) is 24.8. The van der Waals surface area contributed by atoms with Crippen molar-refractivity contribution in [2.75, 3.05) is 6.54 Å². The number of oxazole rings is 1. The van der Waals surface area contributed by atoms with Crippen LogP contribution in [0, 0.1) is 12.3 Å². The van der Waals surface area contributed by atoms with Crippen LogP contribution >= 0.6 is 0 Å². The van der Waals surface area contributed by atoms with Crippen LogP contribution in [0.15, 0.2) is 40.9 Å². The Balaban J connectivity index is 1.55. The summed E-state index contributed by atoms with van der Waals surface area (Å²) in [6.45, 7) is 0.887. The summed E-state index contributed by atoms with van der Waals surface area (Å²) in [5.41, 5.74) is 6.68. The lowest BCUT2D eigenvalue weighted by Gasteiger charge is -2.32. The molecular formula is C21H26N3O2. The molecule has 1 amide bonds. The SMILES string of the molecule is NC(=O)C1[CH]C[C@@H](c2ncc(-c3ccccc3)o2)N1CC1CCCCC1. The predicted octanol–water partition coefficient (Wildman–Crippen LogP) is 3.73. The van der Waals surface area contributed by atoms with Crippen molar-refractivity contribution < 1.29 is 9.21 Å². The number of amides is 1. The minimum absolute atomic E-state index is 0.00751. The summed E-state index contributed by atoms with van der Waals surface area (Å²) in [6.07, 6.45) is 10.9. The van der Waals surface area contributed by atoms with E-state index in [0.717, 1.165) is 24.3 Å². The molecule has 1 aliphatic carbocycles. The van der Waals surface area contributed by atoms with E-state index >= 15 is 0 Å². The molecule has 1 radical (unpaired) electrons. The van der Waals surface area contributed by atoms with E-state index in [1.165, 1.54) is 32.1 Å². The summed E-state index contributed by atoms with van der Waals surface area (Å²) in [5.74, 6) is 1.79. The van der Waals surface area contributed by atoms with Gasteiger partial charge in [0.2, 0.25) is 11.8 Å². The first-order valence-electron chi connectivity index (χ1n) is 9.62. The molecule has 1 aromatic heterocycles. The number of carbonyl (C=O) groups excluding carboxylic acids is 1. The van der Waals surface area contributed by atoms with Crippen LogP contribution < -0.4 is 5.73 Å². The third-order valence-corrected chi connectivity index (χ3v) is 5.69. The highest BCUT2D eigenvalue weighted by Crippen LogP contribution is 2.38. The molecule has 1 aromatic carbocycles. The Kier molecular flexibility index (Phi) is 5.07. The van der Waals surface area contributed by atoms with Crippen molar-refractivity contribution in [2.24, 2.45) is 11.7 Å². The van der Waals surface area contributed by atoms with E-state index < -0.39 is 0 Å². The highest BCUT2D eigenvalue weighted by Gasteiger charge is 2.41. The summed E-state index contributed by atoms with van der Waals surface area (Å²) >= 11 is 0. The zero-order valence-electron chi connectivity index (χ0n) is 15.0. The lowest BCUT2D eigenvalue weighted by molar-refractivity contribution is -0.122. The average Bonchev–Trinajstić information content (AvgIpc) is 3.30. The highest BCUT2D eigenvalue weighted by atomic mass is 16.4. The van der Waals surface area contributed by atoms with Crippen molar-refractivity contribution in [2.45, 2.75) is 50.6 Å². The Labute approximate surface area is 154 Å². The molecular weight excluding hydrogens is 326 g/mol. The molecule has 4 rings (SSSR count). The maximum Gasteiger partial charge on any atom is 0.235 e. The lowest BCUT2D eigenvalue weighted by atomic mass is 9.88. The second-order valence-electron chi connectivity index (χ2n) is 7.46. The Morgan fingerprint density at radius 2 is 1.96 bits per heavy atom. The summed E-state index contributed by atoms with van der Waals surface area (Å²) in [6, 6.07) is 9.64.